The number of nitrogens with two attached hydrogens (primary N) is 1. The highest BCUT2D eigenvalue weighted by Crippen LogP contribution is 2.36. The number of aromatic nitrogens is 3. The summed E-state index contributed by atoms with van der Waals surface area (Å²) in [5.41, 5.74) is 8.80. The van der Waals surface area contributed by atoms with Crippen molar-refractivity contribution in [1.29, 1.82) is 0 Å². The van der Waals surface area contributed by atoms with Crippen molar-refractivity contribution in [2.24, 2.45) is 7.05 Å². The zero-order valence-corrected chi connectivity index (χ0v) is 13.1. The second kappa shape index (κ2) is 4.71. The van der Waals surface area contributed by atoms with Gasteiger partial charge in [0.25, 0.3) is 0 Å². The van der Waals surface area contributed by atoms with Crippen LogP contribution in [0.2, 0.25) is 0 Å². The first-order chi connectivity index (χ1) is 9.88. The third-order valence-electron chi connectivity index (χ3n) is 3.58. The molecule has 0 aliphatic carbocycles. The molecule has 0 fully saturated rings. The maximum Gasteiger partial charge on any atom is 0.145 e. The number of nitrogen functional groups attached to an aromatic ring is 1. The Labute approximate surface area is 123 Å². The second-order valence-electron chi connectivity index (χ2n) is 5.51. The molecule has 3 aromatic rings. The first-order valence-electron chi connectivity index (χ1n) is 6.59. The minimum absolute atomic E-state index is 0.469. The van der Waals surface area contributed by atoms with Gasteiger partial charge in [-0.1, -0.05) is 24.3 Å². The van der Waals surface area contributed by atoms with Crippen molar-refractivity contribution >= 4 is 29.3 Å². The topological polar surface area (TPSA) is 73.8 Å². The van der Waals surface area contributed by atoms with Gasteiger partial charge in [0.1, 0.15) is 24.9 Å². The van der Waals surface area contributed by atoms with Crippen molar-refractivity contribution in [3.63, 3.8) is 0 Å². The van der Waals surface area contributed by atoms with Gasteiger partial charge in [-0.25, -0.2) is 9.97 Å². The van der Waals surface area contributed by atoms with Gasteiger partial charge in [-0.2, -0.15) is 0 Å². The van der Waals surface area contributed by atoms with Crippen LogP contribution in [0.3, 0.4) is 0 Å². The van der Waals surface area contributed by atoms with E-state index in [0.29, 0.717) is 5.82 Å². The molecule has 0 atom stereocenters. The van der Waals surface area contributed by atoms with Crippen molar-refractivity contribution in [2.45, 2.75) is 0 Å². The summed E-state index contributed by atoms with van der Waals surface area (Å²) in [6.07, 6.45) is 3.46. The molecule has 0 aliphatic rings. The minimum Gasteiger partial charge on any atom is -0.383 e. The van der Waals surface area contributed by atoms with Crippen molar-refractivity contribution in [3.05, 3.63) is 36.8 Å². The van der Waals surface area contributed by atoms with Gasteiger partial charge in [-0.3, -0.25) is 0 Å². The number of anilines is 1. The van der Waals surface area contributed by atoms with Crippen molar-refractivity contribution in [3.8, 4) is 11.1 Å². The molecule has 5 nitrogen and oxygen atoms in total. The van der Waals surface area contributed by atoms with E-state index in [1.165, 1.54) is 6.33 Å². The highest BCUT2D eigenvalue weighted by atomic mass is 31.2. The van der Waals surface area contributed by atoms with E-state index in [4.69, 9.17) is 5.73 Å². The highest BCUT2D eigenvalue weighted by molar-refractivity contribution is 7.70. The summed E-state index contributed by atoms with van der Waals surface area (Å²) in [6.45, 7) is 3.54. The second-order valence-corrected chi connectivity index (χ2v) is 8.73. The van der Waals surface area contributed by atoms with Gasteiger partial charge in [0, 0.05) is 24.1 Å². The first kappa shape index (κ1) is 13.8. The molecule has 2 aromatic heterocycles. The van der Waals surface area contributed by atoms with Gasteiger partial charge in [0.05, 0.1) is 5.39 Å². The fourth-order valence-electron chi connectivity index (χ4n) is 2.45. The molecule has 21 heavy (non-hydrogen) atoms. The highest BCUT2D eigenvalue weighted by Gasteiger charge is 2.15. The lowest BCUT2D eigenvalue weighted by Crippen LogP contribution is -2.01. The summed E-state index contributed by atoms with van der Waals surface area (Å²) >= 11 is 0. The molecule has 0 saturated carbocycles. The lowest BCUT2D eigenvalue weighted by Gasteiger charge is -2.08. The van der Waals surface area contributed by atoms with Gasteiger partial charge in [0.2, 0.25) is 0 Å². The Hall–Kier alpha value is -2.13. The van der Waals surface area contributed by atoms with Crippen LogP contribution in [-0.4, -0.2) is 27.9 Å². The average Bonchev–Trinajstić information content (AvgIpc) is 2.77. The van der Waals surface area contributed by atoms with Gasteiger partial charge >= 0.3 is 0 Å². The van der Waals surface area contributed by atoms with Gasteiger partial charge in [-0.15, -0.1) is 0 Å². The average molecular weight is 300 g/mol. The predicted molar refractivity (Wildman–Crippen MR) is 87.4 cm³/mol. The normalized spacial score (nSPS) is 12.0. The van der Waals surface area contributed by atoms with E-state index < -0.39 is 7.14 Å². The summed E-state index contributed by atoms with van der Waals surface area (Å²) in [7, 11) is -0.307. The largest absolute Gasteiger partial charge is 0.383 e. The van der Waals surface area contributed by atoms with Crippen LogP contribution in [0.4, 0.5) is 5.82 Å². The summed E-state index contributed by atoms with van der Waals surface area (Å²) in [5.74, 6) is 0.469. The number of hydrogen-bond acceptors (Lipinski definition) is 4. The Balaban J connectivity index is 2.19. The summed E-state index contributed by atoms with van der Waals surface area (Å²) in [5, 5.41) is 1.72. The molecule has 0 saturated heterocycles. The van der Waals surface area contributed by atoms with Crippen LogP contribution in [0, 0.1) is 0 Å². The van der Waals surface area contributed by atoms with E-state index in [0.717, 1.165) is 27.5 Å². The molecule has 0 aliphatic heterocycles. The molecule has 2 N–H and O–H groups in total. The summed E-state index contributed by atoms with van der Waals surface area (Å²) < 4.78 is 14.0. The Kier molecular flexibility index (Phi) is 3.10. The number of benzene rings is 1. The Morgan fingerprint density at radius 3 is 2.43 bits per heavy atom. The molecule has 0 radical (unpaired) electrons. The maximum atomic E-state index is 12.1. The third-order valence-corrected chi connectivity index (χ3v) is 5.12. The van der Waals surface area contributed by atoms with Crippen LogP contribution in [-0.2, 0) is 11.6 Å². The van der Waals surface area contributed by atoms with Crippen LogP contribution in [0.5, 0.6) is 0 Å². The summed E-state index contributed by atoms with van der Waals surface area (Å²) in [6, 6.07) is 7.76. The van der Waals surface area contributed by atoms with E-state index in [2.05, 4.69) is 9.97 Å². The van der Waals surface area contributed by atoms with E-state index >= 15 is 0 Å². The maximum absolute atomic E-state index is 12.1. The lowest BCUT2D eigenvalue weighted by molar-refractivity contribution is 0.588. The van der Waals surface area contributed by atoms with Crippen LogP contribution < -0.4 is 11.0 Å². The first-order valence-corrected chi connectivity index (χ1v) is 9.19. The molecule has 2 heterocycles. The van der Waals surface area contributed by atoms with E-state index in [-0.39, 0.29) is 0 Å². The van der Waals surface area contributed by atoms with Crippen LogP contribution in [0.25, 0.3) is 22.2 Å². The monoisotopic (exact) mass is 300 g/mol. The minimum atomic E-state index is -2.24. The smallest absolute Gasteiger partial charge is 0.145 e. The molecule has 0 unspecified atom stereocenters. The fourth-order valence-corrected chi connectivity index (χ4v) is 3.32. The lowest BCUT2D eigenvalue weighted by atomic mass is 10.1. The van der Waals surface area contributed by atoms with Crippen LogP contribution >= 0.6 is 7.14 Å². The van der Waals surface area contributed by atoms with E-state index in [1.807, 2.05) is 42.1 Å². The zero-order valence-electron chi connectivity index (χ0n) is 12.2. The van der Waals surface area contributed by atoms with Crippen molar-refractivity contribution in [2.75, 3.05) is 19.1 Å². The Morgan fingerprint density at radius 2 is 1.81 bits per heavy atom. The number of aryl methyl sites for hydroxylation is 1. The SMILES string of the molecule is Cn1cc(-c2ccc(P(C)(C)=O)cc2)c2c(N)ncnc21. The molecular weight excluding hydrogens is 283 g/mol. The number of nitrogens with zero attached hydrogens (tertiary/aromatic N) is 3. The van der Waals surface area contributed by atoms with Crippen molar-refractivity contribution in [1.82, 2.24) is 14.5 Å². The van der Waals surface area contributed by atoms with Gasteiger partial charge in [-0.05, 0) is 18.9 Å². The molecule has 3 rings (SSSR count). The Bertz CT molecular complexity index is 861. The zero-order chi connectivity index (χ0) is 15.2. The van der Waals surface area contributed by atoms with E-state index in [1.54, 1.807) is 13.3 Å². The Morgan fingerprint density at radius 1 is 1.14 bits per heavy atom. The van der Waals surface area contributed by atoms with Crippen LogP contribution in [0.15, 0.2) is 36.8 Å². The van der Waals surface area contributed by atoms with Crippen molar-refractivity contribution < 1.29 is 4.57 Å². The van der Waals surface area contributed by atoms with E-state index in [9.17, 15) is 4.57 Å². The molecular formula is C15H17N4OP. The number of rotatable bonds is 2. The quantitative estimate of drug-likeness (QED) is 0.738. The summed E-state index contributed by atoms with van der Waals surface area (Å²) in [4.78, 5) is 8.34. The molecule has 6 heteroatoms. The third kappa shape index (κ3) is 2.34. The fraction of sp³-hybridized carbons (Fsp3) is 0.200. The molecule has 1 aromatic carbocycles. The molecule has 0 spiro atoms. The van der Waals surface area contributed by atoms with Gasteiger partial charge < -0.3 is 14.9 Å². The molecule has 0 amide bonds. The predicted octanol–water partition coefficient (Wildman–Crippen LogP) is 2.47. The standard InChI is InChI=1S/C15H17N4OP/c1-19-8-12(13-14(16)17-9-18-15(13)19)10-4-6-11(7-5-10)21(2,3)20/h4-9H,1-3H3,(H2,16,17,18). The van der Waals surface area contributed by atoms with Gasteiger partial charge in [0.15, 0.2) is 0 Å². The number of hydrogen-bond donors (Lipinski definition) is 1. The number of fused-ring (bicyclic) bond motifs is 1. The molecule has 0 bridgehead atoms. The van der Waals surface area contributed by atoms with Crippen LogP contribution in [0.1, 0.15) is 0 Å². The molecule has 108 valence electrons.